The van der Waals surface area contributed by atoms with Crippen LogP contribution >= 0.6 is 0 Å². The number of nitrogens with one attached hydrogen (secondary N) is 2. The minimum atomic E-state index is -0.411. The molecule has 5 nitrogen and oxygen atoms in total. The highest BCUT2D eigenvalue weighted by Gasteiger charge is 2.15. The summed E-state index contributed by atoms with van der Waals surface area (Å²) < 4.78 is 29.1. The van der Waals surface area contributed by atoms with Crippen LogP contribution in [0.5, 0.6) is 0 Å². The Balaban J connectivity index is 1.50. The Hall–Kier alpha value is -3.60. The van der Waals surface area contributed by atoms with E-state index in [1.807, 2.05) is 6.07 Å². The average molecular weight is 447 g/mol. The number of carbonyl (C=O) groups excluding carboxylic acids is 1. The second-order valence-corrected chi connectivity index (χ2v) is 8.02. The van der Waals surface area contributed by atoms with E-state index in [1.165, 1.54) is 18.2 Å². The zero-order chi connectivity index (χ0) is 23.2. The van der Waals surface area contributed by atoms with E-state index in [1.54, 1.807) is 42.5 Å². The summed E-state index contributed by atoms with van der Waals surface area (Å²) in [6, 6.07) is 17.7. The Morgan fingerprint density at radius 1 is 1.03 bits per heavy atom. The smallest absolute Gasteiger partial charge is 0.251 e. The van der Waals surface area contributed by atoms with Gasteiger partial charge in [0.1, 0.15) is 11.6 Å². The monoisotopic (exact) mass is 446 g/mol. The van der Waals surface area contributed by atoms with Crippen molar-refractivity contribution >= 4 is 5.91 Å². The molecule has 0 bridgehead atoms. The van der Waals surface area contributed by atoms with Gasteiger partial charge in [-0.3, -0.25) is 9.69 Å². The molecule has 4 rings (SSSR count). The topological polar surface area (TPSA) is 68.2 Å². The van der Waals surface area contributed by atoms with Gasteiger partial charge in [0, 0.05) is 56.0 Å². The summed E-state index contributed by atoms with van der Waals surface area (Å²) in [6.07, 6.45) is 0. The molecule has 1 fully saturated rings. The van der Waals surface area contributed by atoms with Crippen LogP contribution in [0.25, 0.3) is 11.1 Å². The molecule has 3 aromatic carbocycles. The number of halogens is 2. The number of piperazine rings is 1. The Morgan fingerprint density at radius 3 is 2.61 bits per heavy atom. The number of benzene rings is 3. The molecule has 0 saturated carbocycles. The number of nitrogens with zero attached hydrogens (tertiary/aromatic N) is 2. The number of rotatable bonds is 6. The summed E-state index contributed by atoms with van der Waals surface area (Å²) in [4.78, 5) is 14.6. The van der Waals surface area contributed by atoms with Gasteiger partial charge in [-0.25, -0.2) is 8.78 Å². The molecule has 1 aliphatic heterocycles. The van der Waals surface area contributed by atoms with Crippen molar-refractivity contribution in [1.82, 2.24) is 15.5 Å². The van der Waals surface area contributed by atoms with Crippen molar-refractivity contribution in [2.24, 2.45) is 0 Å². The van der Waals surface area contributed by atoms with E-state index in [0.29, 0.717) is 39.9 Å². The van der Waals surface area contributed by atoms with Gasteiger partial charge in [0.15, 0.2) is 0 Å². The molecule has 0 spiro atoms. The molecule has 1 amide bonds. The van der Waals surface area contributed by atoms with E-state index in [4.69, 9.17) is 5.26 Å². The van der Waals surface area contributed by atoms with Crippen LogP contribution in [0, 0.1) is 23.0 Å². The van der Waals surface area contributed by atoms with Gasteiger partial charge in [-0.1, -0.05) is 18.2 Å². The quantitative estimate of drug-likeness (QED) is 0.604. The Labute approximate surface area is 191 Å². The number of hydrogen-bond acceptors (Lipinski definition) is 4. The molecule has 1 heterocycles. The average Bonchev–Trinajstić information content (AvgIpc) is 2.85. The highest BCUT2D eigenvalue weighted by molar-refractivity contribution is 5.94. The molecule has 7 heteroatoms. The van der Waals surface area contributed by atoms with E-state index < -0.39 is 5.82 Å². The van der Waals surface area contributed by atoms with Crippen LogP contribution in [0.3, 0.4) is 0 Å². The summed E-state index contributed by atoms with van der Waals surface area (Å²) >= 11 is 0. The van der Waals surface area contributed by atoms with E-state index >= 15 is 0 Å². The van der Waals surface area contributed by atoms with Gasteiger partial charge in [-0.15, -0.1) is 0 Å². The standard InChI is InChI=1S/C26H24F2N4O/c27-24-7-5-20(14-22(24)17-32-10-8-30-9-11-32)23-13-19(4-6-25(23)28)16-31-26(33)21-3-1-2-18(12-21)15-29/h1-7,12-14,30H,8-11,16-17H2,(H,31,33). The van der Waals surface area contributed by atoms with E-state index in [-0.39, 0.29) is 18.3 Å². The van der Waals surface area contributed by atoms with Crippen LogP contribution in [0.15, 0.2) is 60.7 Å². The lowest BCUT2D eigenvalue weighted by Gasteiger charge is -2.27. The van der Waals surface area contributed by atoms with E-state index in [9.17, 15) is 13.6 Å². The van der Waals surface area contributed by atoms with Gasteiger partial charge in [0.2, 0.25) is 0 Å². The number of amides is 1. The Kier molecular flexibility index (Phi) is 7.08. The maximum atomic E-state index is 14.7. The largest absolute Gasteiger partial charge is 0.348 e. The van der Waals surface area contributed by atoms with Crippen LogP contribution in [-0.4, -0.2) is 37.0 Å². The van der Waals surface area contributed by atoms with Crippen molar-refractivity contribution in [3.63, 3.8) is 0 Å². The SMILES string of the molecule is N#Cc1cccc(C(=O)NCc2ccc(F)c(-c3ccc(F)c(CN4CCNCC4)c3)c2)c1. The van der Waals surface area contributed by atoms with Crippen molar-refractivity contribution in [1.29, 1.82) is 5.26 Å². The Bertz CT molecular complexity index is 1200. The van der Waals surface area contributed by atoms with Crippen LogP contribution in [0.4, 0.5) is 8.78 Å². The molecule has 168 valence electrons. The van der Waals surface area contributed by atoms with Gasteiger partial charge >= 0.3 is 0 Å². The van der Waals surface area contributed by atoms with Gasteiger partial charge < -0.3 is 10.6 Å². The highest BCUT2D eigenvalue weighted by atomic mass is 19.1. The number of hydrogen-bond donors (Lipinski definition) is 2. The number of nitriles is 1. The van der Waals surface area contributed by atoms with Crippen LogP contribution in [0.2, 0.25) is 0 Å². The predicted molar refractivity (Wildman–Crippen MR) is 122 cm³/mol. The first-order chi connectivity index (χ1) is 16.0. The van der Waals surface area contributed by atoms with Gasteiger partial charge in [0.05, 0.1) is 11.6 Å². The van der Waals surface area contributed by atoms with E-state index in [2.05, 4.69) is 15.5 Å². The molecule has 2 N–H and O–H groups in total. The first kappa shape index (κ1) is 22.6. The van der Waals surface area contributed by atoms with Gasteiger partial charge in [-0.05, 0) is 53.6 Å². The minimum absolute atomic E-state index is 0.192. The van der Waals surface area contributed by atoms with Crippen molar-refractivity contribution in [3.05, 3.63) is 94.6 Å². The molecule has 1 aliphatic rings. The van der Waals surface area contributed by atoms with Crippen molar-refractivity contribution in [2.45, 2.75) is 13.1 Å². The molecule has 3 aromatic rings. The first-order valence-electron chi connectivity index (χ1n) is 10.8. The third kappa shape index (κ3) is 5.61. The van der Waals surface area contributed by atoms with Crippen LogP contribution < -0.4 is 10.6 Å². The maximum Gasteiger partial charge on any atom is 0.251 e. The summed E-state index contributed by atoms with van der Waals surface area (Å²) in [5.41, 5.74) is 2.98. The summed E-state index contributed by atoms with van der Waals surface area (Å²) in [5.74, 6) is -1.04. The van der Waals surface area contributed by atoms with Crippen molar-refractivity contribution < 1.29 is 13.6 Å². The molecule has 0 aliphatic carbocycles. The molecule has 33 heavy (non-hydrogen) atoms. The fourth-order valence-corrected chi connectivity index (χ4v) is 3.89. The molecule has 1 saturated heterocycles. The zero-order valence-electron chi connectivity index (χ0n) is 18.1. The highest BCUT2D eigenvalue weighted by Crippen LogP contribution is 2.27. The van der Waals surface area contributed by atoms with Crippen LogP contribution in [-0.2, 0) is 13.1 Å². The molecule has 0 atom stereocenters. The zero-order valence-corrected chi connectivity index (χ0v) is 18.1. The fraction of sp³-hybridized carbons (Fsp3) is 0.231. The maximum absolute atomic E-state index is 14.7. The summed E-state index contributed by atoms with van der Waals surface area (Å²) in [5, 5.41) is 15.1. The van der Waals surface area contributed by atoms with Gasteiger partial charge in [-0.2, -0.15) is 5.26 Å². The second-order valence-electron chi connectivity index (χ2n) is 8.02. The summed E-state index contributed by atoms with van der Waals surface area (Å²) in [6.45, 7) is 4.07. The third-order valence-corrected chi connectivity index (χ3v) is 5.70. The lowest BCUT2D eigenvalue weighted by Crippen LogP contribution is -2.43. The molecule has 0 unspecified atom stereocenters. The molecular formula is C26H24F2N4O. The van der Waals surface area contributed by atoms with Gasteiger partial charge in [0.25, 0.3) is 5.91 Å². The van der Waals surface area contributed by atoms with Crippen molar-refractivity contribution in [2.75, 3.05) is 26.2 Å². The first-order valence-corrected chi connectivity index (χ1v) is 10.8. The van der Waals surface area contributed by atoms with Crippen molar-refractivity contribution in [3.8, 4) is 17.2 Å². The fourth-order valence-electron chi connectivity index (χ4n) is 3.89. The lowest BCUT2D eigenvalue weighted by molar-refractivity contribution is 0.0951. The Morgan fingerprint density at radius 2 is 1.82 bits per heavy atom. The second kappa shape index (κ2) is 10.3. The third-order valence-electron chi connectivity index (χ3n) is 5.70. The molecule has 0 radical (unpaired) electrons. The lowest BCUT2D eigenvalue weighted by atomic mass is 9.99. The number of carbonyl (C=O) groups is 1. The molecule has 0 aromatic heterocycles. The molecular weight excluding hydrogens is 422 g/mol. The van der Waals surface area contributed by atoms with Crippen LogP contribution in [0.1, 0.15) is 27.0 Å². The minimum Gasteiger partial charge on any atom is -0.348 e. The summed E-state index contributed by atoms with van der Waals surface area (Å²) in [7, 11) is 0. The normalized spacial score (nSPS) is 14.0. The predicted octanol–water partition coefficient (Wildman–Crippen LogP) is 3.84. The van der Waals surface area contributed by atoms with E-state index in [0.717, 1.165) is 26.2 Å².